The molecule has 4 N–H and O–H groups in total. The van der Waals surface area contributed by atoms with E-state index in [4.69, 9.17) is 5.73 Å². The van der Waals surface area contributed by atoms with E-state index in [2.05, 4.69) is 31.2 Å². The SMILES string of the molecule is Nc1ncc(Br)nc1N[C@H](CO)c1ccccc1. The third kappa shape index (κ3) is 2.96. The molecule has 5 nitrogen and oxygen atoms in total. The van der Waals surface area contributed by atoms with Crippen molar-refractivity contribution in [1.29, 1.82) is 0 Å². The monoisotopic (exact) mass is 308 g/mol. The first kappa shape index (κ1) is 12.8. The van der Waals surface area contributed by atoms with Crippen LogP contribution in [0.3, 0.4) is 0 Å². The molecule has 1 heterocycles. The maximum atomic E-state index is 9.44. The first-order chi connectivity index (χ1) is 8.70. The fourth-order valence-corrected chi connectivity index (χ4v) is 1.85. The lowest BCUT2D eigenvalue weighted by Crippen LogP contribution is -2.17. The topological polar surface area (TPSA) is 84.1 Å². The zero-order valence-electron chi connectivity index (χ0n) is 9.55. The highest BCUT2D eigenvalue weighted by atomic mass is 79.9. The minimum atomic E-state index is -0.267. The summed E-state index contributed by atoms with van der Waals surface area (Å²) in [5, 5.41) is 12.5. The second-order valence-corrected chi connectivity index (χ2v) is 4.53. The molecule has 0 unspecified atom stereocenters. The number of halogens is 1. The van der Waals surface area contributed by atoms with E-state index in [-0.39, 0.29) is 12.6 Å². The van der Waals surface area contributed by atoms with Crippen LogP contribution < -0.4 is 11.1 Å². The number of aliphatic hydroxyl groups is 1. The predicted molar refractivity (Wildman–Crippen MR) is 74.0 cm³/mol. The summed E-state index contributed by atoms with van der Waals surface area (Å²) >= 11 is 3.23. The van der Waals surface area contributed by atoms with Crippen molar-refractivity contribution in [2.75, 3.05) is 17.7 Å². The molecule has 94 valence electrons. The number of aliphatic hydroxyl groups excluding tert-OH is 1. The van der Waals surface area contributed by atoms with Crippen LogP contribution in [-0.2, 0) is 0 Å². The van der Waals surface area contributed by atoms with Crippen LogP contribution in [0.25, 0.3) is 0 Å². The van der Waals surface area contributed by atoms with E-state index in [9.17, 15) is 5.11 Å². The van der Waals surface area contributed by atoms with Gasteiger partial charge in [0.15, 0.2) is 11.6 Å². The summed E-state index contributed by atoms with van der Waals surface area (Å²) in [6.07, 6.45) is 1.52. The summed E-state index contributed by atoms with van der Waals surface area (Å²) in [6, 6.07) is 9.33. The summed E-state index contributed by atoms with van der Waals surface area (Å²) in [5.41, 5.74) is 6.69. The molecule has 6 heteroatoms. The van der Waals surface area contributed by atoms with Crippen molar-refractivity contribution in [3.8, 4) is 0 Å². The molecule has 0 bridgehead atoms. The predicted octanol–water partition coefficient (Wildman–Crippen LogP) is 1.97. The van der Waals surface area contributed by atoms with Crippen LogP contribution in [-0.4, -0.2) is 21.7 Å². The number of rotatable bonds is 4. The summed E-state index contributed by atoms with van der Waals surface area (Å²) in [4.78, 5) is 8.18. The average Bonchev–Trinajstić information content (AvgIpc) is 2.41. The van der Waals surface area contributed by atoms with Crippen LogP contribution >= 0.6 is 15.9 Å². The molecule has 1 aromatic carbocycles. The number of hydrogen-bond acceptors (Lipinski definition) is 5. The maximum Gasteiger partial charge on any atom is 0.170 e. The van der Waals surface area contributed by atoms with E-state index < -0.39 is 0 Å². The Hall–Kier alpha value is -1.66. The summed E-state index contributed by atoms with van der Waals surface area (Å²) < 4.78 is 0.587. The lowest BCUT2D eigenvalue weighted by Gasteiger charge is -2.18. The summed E-state index contributed by atoms with van der Waals surface area (Å²) in [5.74, 6) is 0.750. The van der Waals surface area contributed by atoms with Crippen LogP contribution in [0, 0.1) is 0 Å². The zero-order valence-corrected chi connectivity index (χ0v) is 11.1. The van der Waals surface area contributed by atoms with E-state index in [1.54, 1.807) is 0 Å². The van der Waals surface area contributed by atoms with E-state index in [1.807, 2.05) is 30.3 Å². The van der Waals surface area contributed by atoms with Gasteiger partial charge in [-0.3, -0.25) is 0 Å². The van der Waals surface area contributed by atoms with Crippen molar-refractivity contribution in [3.05, 3.63) is 46.7 Å². The molecule has 0 radical (unpaired) electrons. The number of anilines is 2. The van der Waals surface area contributed by atoms with Crippen LogP contribution in [0.1, 0.15) is 11.6 Å². The van der Waals surface area contributed by atoms with Crippen molar-refractivity contribution in [2.24, 2.45) is 0 Å². The smallest absolute Gasteiger partial charge is 0.170 e. The van der Waals surface area contributed by atoms with Gasteiger partial charge in [-0.2, -0.15) is 0 Å². The molecule has 0 aliphatic heterocycles. The first-order valence-corrected chi connectivity index (χ1v) is 6.20. The molecule has 2 rings (SSSR count). The number of aromatic nitrogens is 2. The molecule has 0 aliphatic rings. The zero-order chi connectivity index (χ0) is 13.0. The quantitative estimate of drug-likeness (QED) is 0.804. The molecule has 2 aromatic rings. The van der Waals surface area contributed by atoms with Gasteiger partial charge in [0, 0.05) is 0 Å². The van der Waals surface area contributed by atoms with Gasteiger partial charge in [-0.05, 0) is 21.5 Å². The molecule has 0 amide bonds. The van der Waals surface area contributed by atoms with Gasteiger partial charge in [0.25, 0.3) is 0 Å². The van der Waals surface area contributed by atoms with Crippen molar-refractivity contribution < 1.29 is 5.11 Å². The largest absolute Gasteiger partial charge is 0.394 e. The lowest BCUT2D eigenvalue weighted by atomic mass is 10.1. The van der Waals surface area contributed by atoms with Gasteiger partial charge in [-0.25, -0.2) is 9.97 Å². The molecular formula is C12H13BrN4O. The number of hydrogen-bond donors (Lipinski definition) is 3. The van der Waals surface area contributed by atoms with Gasteiger partial charge in [-0.15, -0.1) is 0 Å². The maximum absolute atomic E-state index is 9.44. The lowest BCUT2D eigenvalue weighted by molar-refractivity contribution is 0.276. The van der Waals surface area contributed by atoms with E-state index >= 15 is 0 Å². The normalized spacial score (nSPS) is 12.1. The second kappa shape index (κ2) is 5.79. The third-order valence-corrected chi connectivity index (χ3v) is 2.85. The number of nitrogens with one attached hydrogen (secondary N) is 1. The fraction of sp³-hybridized carbons (Fsp3) is 0.167. The molecule has 0 spiro atoms. The minimum absolute atomic E-state index is 0.0579. The van der Waals surface area contributed by atoms with Crippen molar-refractivity contribution in [3.63, 3.8) is 0 Å². The first-order valence-electron chi connectivity index (χ1n) is 5.41. The minimum Gasteiger partial charge on any atom is -0.394 e. The molecule has 0 saturated heterocycles. The Balaban J connectivity index is 2.23. The van der Waals surface area contributed by atoms with Gasteiger partial charge >= 0.3 is 0 Å². The Morgan fingerprint density at radius 2 is 2.06 bits per heavy atom. The summed E-state index contributed by atoms with van der Waals surface area (Å²) in [6.45, 7) is -0.0579. The van der Waals surface area contributed by atoms with E-state index in [1.165, 1.54) is 6.20 Å². The number of nitrogens with two attached hydrogens (primary N) is 1. The van der Waals surface area contributed by atoms with Gasteiger partial charge < -0.3 is 16.2 Å². The average molecular weight is 309 g/mol. The second-order valence-electron chi connectivity index (χ2n) is 3.72. The van der Waals surface area contributed by atoms with Gasteiger partial charge in [-0.1, -0.05) is 30.3 Å². The Labute approximate surface area is 113 Å². The Morgan fingerprint density at radius 1 is 1.33 bits per heavy atom. The van der Waals surface area contributed by atoms with E-state index in [0.29, 0.717) is 16.2 Å². The summed E-state index contributed by atoms with van der Waals surface area (Å²) in [7, 11) is 0. The number of nitrogens with zero attached hydrogens (tertiary/aromatic N) is 2. The molecular weight excluding hydrogens is 296 g/mol. The molecule has 18 heavy (non-hydrogen) atoms. The Morgan fingerprint density at radius 3 is 2.72 bits per heavy atom. The van der Waals surface area contributed by atoms with Crippen molar-refractivity contribution in [1.82, 2.24) is 9.97 Å². The molecule has 0 fully saturated rings. The molecule has 1 atom stereocenters. The van der Waals surface area contributed by atoms with Gasteiger partial charge in [0.2, 0.25) is 0 Å². The van der Waals surface area contributed by atoms with Crippen LogP contribution in [0.4, 0.5) is 11.6 Å². The van der Waals surface area contributed by atoms with Crippen molar-refractivity contribution in [2.45, 2.75) is 6.04 Å². The fourth-order valence-electron chi connectivity index (χ4n) is 1.57. The van der Waals surface area contributed by atoms with Crippen LogP contribution in [0.5, 0.6) is 0 Å². The van der Waals surface area contributed by atoms with Gasteiger partial charge in [0.1, 0.15) is 4.60 Å². The molecule has 0 aliphatic carbocycles. The van der Waals surface area contributed by atoms with Crippen molar-refractivity contribution >= 4 is 27.6 Å². The van der Waals surface area contributed by atoms with E-state index in [0.717, 1.165) is 5.56 Å². The molecule has 0 saturated carbocycles. The Kier molecular flexibility index (Phi) is 4.11. The highest BCUT2D eigenvalue weighted by molar-refractivity contribution is 9.10. The highest BCUT2D eigenvalue weighted by Crippen LogP contribution is 2.22. The van der Waals surface area contributed by atoms with Crippen LogP contribution in [0.15, 0.2) is 41.1 Å². The van der Waals surface area contributed by atoms with Gasteiger partial charge in [0.05, 0.1) is 18.8 Å². The van der Waals surface area contributed by atoms with Crippen LogP contribution in [0.2, 0.25) is 0 Å². The number of benzene rings is 1. The standard InChI is InChI=1S/C12H13BrN4O/c13-10-6-15-11(14)12(17-10)16-9(7-18)8-4-2-1-3-5-8/h1-6,9,18H,7H2,(H2,14,15)(H,16,17)/t9-/m1/s1. The highest BCUT2D eigenvalue weighted by Gasteiger charge is 2.13. The third-order valence-electron chi connectivity index (χ3n) is 2.47. The Bertz CT molecular complexity index is 521. The molecule has 1 aromatic heterocycles. The number of nitrogen functional groups attached to an aromatic ring is 1.